The van der Waals surface area contributed by atoms with Gasteiger partial charge in [0.15, 0.2) is 0 Å². The predicted octanol–water partition coefficient (Wildman–Crippen LogP) is 6.12. The number of pyridine rings is 1. The Bertz CT molecular complexity index is 872. The molecule has 1 heterocycles. The fourth-order valence-corrected chi connectivity index (χ4v) is 3.09. The van der Waals surface area contributed by atoms with Crippen LogP contribution >= 0.6 is 15.9 Å². The molecule has 0 aliphatic heterocycles. The Balaban J connectivity index is 2.34. The second kappa shape index (κ2) is 5.96. The molecule has 0 amide bonds. The number of alkyl halides is 4. The van der Waals surface area contributed by atoms with Crippen molar-refractivity contribution in [2.75, 3.05) is 0 Å². The third kappa shape index (κ3) is 2.98. The molecular formula is C18H13BrF3N. The zero-order valence-electron chi connectivity index (χ0n) is 12.3. The van der Waals surface area contributed by atoms with Crippen LogP contribution in [0.5, 0.6) is 0 Å². The van der Waals surface area contributed by atoms with E-state index >= 15 is 0 Å². The molecule has 0 N–H and O–H groups in total. The van der Waals surface area contributed by atoms with Gasteiger partial charge in [-0.15, -0.1) is 0 Å². The summed E-state index contributed by atoms with van der Waals surface area (Å²) in [7, 11) is 0. The van der Waals surface area contributed by atoms with E-state index in [0.717, 1.165) is 28.3 Å². The summed E-state index contributed by atoms with van der Waals surface area (Å²) in [6, 6.07) is 12.0. The van der Waals surface area contributed by atoms with Crippen LogP contribution in [0.1, 0.15) is 16.7 Å². The van der Waals surface area contributed by atoms with Gasteiger partial charge in [0.2, 0.25) is 0 Å². The van der Waals surface area contributed by atoms with Crippen molar-refractivity contribution >= 4 is 26.8 Å². The fourth-order valence-electron chi connectivity index (χ4n) is 2.74. The lowest BCUT2D eigenvalue weighted by Gasteiger charge is -2.14. The lowest BCUT2D eigenvalue weighted by molar-refractivity contribution is -0.136. The number of hydrogen-bond acceptors (Lipinski definition) is 1. The second-order valence-electron chi connectivity index (χ2n) is 5.35. The molecule has 0 spiro atoms. The van der Waals surface area contributed by atoms with Crippen LogP contribution in [-0.2, 0) is 11.5 Å². The summed E-state index contributed by atoms with van der Waals surface area (Å²) in [5.41, 5.74) is 2.90. The number of benzene rings is 2. The highest BCUT2D eigenvalue weighted by molar-refractivity contribution is 9.08. The Labute approximate surface area is 140 Å². The molecule has 0 saturated carbocycles. The molecule has 23 heavy (non-hydrogen) atoms. The number of nitrogens with zero attached hydrogens (tertiary/aromatic N) is 1. The van der Waals surface area contributed by atoms with Crippen LogP contribution in [0.25, 0.3) is 22.0 Å². The Morgan fingerprint density at radius 1 is 1.09 bits per heavy atom. The number of rotatable bonds is 2. The lowest BCUT2D eigenvalue weighted by atomic mass is 9.94. The lowest BCUT2D eigenvalue weighted by Crippen LogP contribution is -2.07. The molecule has 0 aliphatic carbocycles. The number of fused-ring (bicyclic) bond motifs is 1. The van der Waals surface area contributed by atoms with E-state index < -0.39 is 11.7 Å². The topological polar surface area (TPSA) is 12.9 Å². The first-order valence-electron chi connectivity index (χ1n) is 7.02. The van der Waals surface area contributed by atoms with E-state index in [2.05, 4.69) is 20.9 Å². The van der Waals surface area contributed by atoms with Crippen LogP contribution in [0.15, 0.2) is 48.7 Å². The summed E-state index contributed by atoms with van der Waals surface area (Å²) in [4.78, 5) is 4.05. The summed E-state index contributed by atoms with van der Waals surface area (Å²) in [6.07, 6.45) is -2.91. The Kier molecular flexibility index (Phi) is 4.15. The number of aryl methyl sites for hydroxylation is 1. The van der Waals surface area contributed by atoms with Crippen molar-refractivity contribution in [3.8, 4) is 11.1 Å². The van der Waals surface area contributed by atoms with Crippen molar-refractivity contribution in [2.24, 2.45) is 0 Å². The summed E-state index contributed by atoms with van der Waals surface area (Å²) in [5.74, 6) is 0. The van der Waals surface area contributed by atoms with Crippen LogP contribution in [0, 0.1) is 6.92 Å². The van der Waals surface area contributed by atoms with E-state index in [-0.39, 0.29) is 5.52 Å². The van der Waals surface area contributed by atoms with Crippen LogP contribution in [0.2, 0.25) is 0 Å². The van der Waals surface area contributed by atoms with Gasteiger partial charge < -0.3 is 0 Å². The van der Waals surface area contributed by atoms with Gasteiger partial charge >= 0.3 is 6.18 Å². The zero-order valence-corrected chi connectivity index (χ0v) is 13.9. The van der Waals surface area contributed by atoms with Crippen LogP contribution in [0.3, 0.4) is 0 Å². The Hall–Kier alpha value is -1.88. The van der Waals surface area contributed by atoms with E-state index in [1.807, 2.05) is 31.2 Å². The molecule has 3 aromatic rings. The van der Waals surface area contributed by atoms with Gasteiger partial charge in [-0.3, -0.25) is 4.98 Å². The third-order valence-electron chi connectivity index (χ3n) is 3.76. The number of hydrogen-bond donors (Lipinski definition) is 0. The predicted molar refractivity (Wildman–Crippen MR) is 89.5 cm³/mol. The summed E-state index contributed by atoms with van der Waals surface area (Å²) >= 11 is 3.41. The number of halogens is 4. The average molecular weight is 380 g/mol. The smallest absolute Gasteiger partial charge is 0.255 e. The minimum atomic E-state index is -4.42. The number of aromatic nitrogens is 1. The number of para-hydroxylation sites is 1. The largest absolute Gasteiger partial charge is 0.418 e. The highest BCUT2D eigenvalue weighted by Crippen LogP contribution is 2.38. The van der Waals surface area contributed by atoms with Crippen molar-refractivity contribution in [3.05, 3.63) is 65.4 Å². The standard InChI is InChI=1S/C18H13BrF3N/c1-11-10-23-17-14(6-3-7-15(17)18(20,21)22)16(11)13-5-2-4-12(8-13)9-19/h2-8,10H,9H2,1H3. The Morgan fingerprint density at radius 3 is 2.52 bits per heavy atom. The molecule has 0 aliphatic rings. The normalized spacial score (nSPS) is 11.9. The van der Waals surface area contributed by atoms with Crippen molar-refractivity contribution in [2.45, 2.75) is 18.4 Å². The van der Waals surface area contributed by atoms with Crippen LogP contribution < -0.4 is 0 Å². The molecule has 5 heteroatoms. The summed E-state index contributed by atoms with van der Waals surface area (Å²) < 4.78 is 39.7. The van der Waals surface area contributed by atoms with E-state index in [4.69, 9.17) is 0 Å². The molecule has 118 valence electrons. The maximum Gasteiger partial charge on any atom is 0.418 e. The minimum absolute atomic E-state index is 0.00940. The maximum absolute atomic E-state index is 13.2. The monoisotopic (exact) mass is 379 g/mol. The highest BCUT2D eigenvalue weighted by atomic mass is 79.9. The van der Waals surface area contributed by atoms with Gasteiger partial charge in [-0.1, -0.05) is 52.3 Å². The van der Waals surface area contributed by atoms with Gasteiger partial charge in [-0.25, -0.2) is 0 Å². The second-order valence-corrected chi connectivity index (χ2v) is 5.91. The van der Waals surface area contributed by atoms with Crippen molar-refractivity contribution in [3.63, 3.8) is 0 Å². The molecular weight excluding hydrogens is 367 g/mol. The molecule has 2 aromatic carbocycles. The van der Waals surface area contributed by atoms with Crippen molar-refractivity contribution in [1.29, 1.82) is 0 Å². The minimum Gasteiger partial charge on any atom is -0.255 e. The zero-order chi connectivity index (χ0) is 16.6. The summed E-state index contributed by atoms with van der Waals surface area (Å²) in [6.45, 7) is 1.86. The first-order valence-corrected chi connectivity index (χ1v) is 8.15. The Morgan fingerprint density at radius 2 is 1.83 bits per heavy atom. The van der Waals surface area contributed by atoms with Gasteiger partial charge in [0.05, 0.1) is 11.1 Å². The van der Waals surface area contributed by atoms with E-state index in [9.17, 15) is 13.2 Å². The van der Waals surface area contributed by atoms with E-state index in [1.54, 1.807) is 6.07 Å². The fraction of sp³-hybridized carbons (Fsp3) is 0.167. The third-order valence-corrected chi connectivity index (χ3v) is 4.41. The van der Waals surface area contributed by atoms with E-state index in [1.165, 1.54) is 12.3 Å². The molecule has 1 aromatic heterocycles. The van der Waals surface area contributed by atoms with Crippen LogP contribution in [0.4, 0.5) is 13.2 Å². The van der Waals surface area contributed by atoms with Gasteiger partial charge in [0.1, 0.15) is 0 Å². The van der Waals surface area contributed by atoms with E-state index in [0.29, 0.717) is 10.7 Å². The van der Waals surface area contributed by atoms with Gasteiger partial charge in [0, 0.05) is 16.9 Å². The SMILES string of the molecule is Cc1cnc2c(C(F)(F)F)cccc2c1-c1cccc(CBr)c1. The van der Waals surface area contributed by atoms with Crippen molar-refractivity contribution in [1.82, 2.24) is 4.98 Å². The average Bonchev–Trinajstić information content (AvgIpc) is 2.53. The summed E-state index contributed by atoms with van der Waals surface area (Å²) in [5, 5.41) is 1.21. The molecule has 0 unspecified atom stereocenters. The quantitative estimate of drug-likeness (QED) is 0.488. The molecule has 0 saturated heterocycles. The molecule has 0 radical (unpaired) electrons. The van der Waals surface area contributed by atoms with Crippen molar-refractivity contribution < 1.29 is 13.2 Å². The molecule has 1 nitrogen and oxygen atoms in total. The molecule has 0 bridgehead atoms. The first kappa shape index (κ1) is 16.0. The van der Waals surface area contributed by atoms with Gasteiger partial charge in [-0.05, 0) is 35.2 Å². The van der Waals surface area contributed by atoms with Gasteiger partial charge in [0.25, 0.3) is 0 Å². The van der Waals surface area contributed by atoms with Crippen LogP contribution in [-0.4, -0.2) is 4.98 Å². The molecule has 0 fully saturated rings. The maximum atomic E-state index is 13.2. The van der Waals surface area contributed by atoms with Gasteiger partial charge in [-0.2, -0.15) is 13.2 Å². The first-order chi connectivity index (χ1) is 10.9. The highest BCUT2D eigenvalue weighted by Gasteiger charge is 2.33. The molecule has 0 atom stereocenters. The molecule has 3 rings (SSSR count).